The van der Waals surface area contributed by atoms with Crippen molar-refractivity contribution in [2.45, 2.75) is 57.5 Å². The summed E-state index contributed by atoms with van der Waals surface area (Å²) in [5.41, 5.74) is 0.842. The summed E-state index contributed by atoms with van der Waals surface area (Å²) in [7, 11) is 1.52. The zero-order valence-corrected chi connectivity index (χ0v) is 23.6. The minimum atomic E-state index is -1.05. The summed E-state index contributed by atoms with van der Waals surface area (Å²) in [6.07, 6.45) is 1.04. The van der Waals surface area contributed by atoms with Gasteiger partial charge in [0.15, 0.2) is 0 Å². The van der Waals surface area contributed by atoms with E-state index in [2.05, 4.69) is 0 Å². The molecule has 0 radical (unpaired) electrons. The van der Waals surface area contributed by atoms with Crippen molar-refractivity contribution in [1.29, 1.82) is 0 Å². The zero-order chi connectivity index (χ0) is 27.7. The molecule has 0 aromatic heterocycles. The van der Waals surface area contributed by atoms with Crippen LogP contribution in [0.5, 0.6) is 0 Å². The lowest BCUT2D eigenvalue weighted by Crippen LogP contribution is -2.51. The van der Waals surface area contributed by atoms with E-state index in [-0.39, 0.29) is 41.5 Å². The molecule has 0 spiro atoms. The Morgan fingerprint density at radius 1 is 0.947 bits per heavy atom. The maximum atomic E-state index is 13.5. The summed E-state index contributed by atoms with van der Waals surface area (Å²) >= 11 is 12.3. The van der Waals surface area contributed by atoms with Crippen molar-refractivity contribution < 1.29 is 24.3 Å². The van der Waals surface area contributed by atoms with Gasteiger partial charge in [-0.2, -0.15) is 0 Å². The quantitative estimate of drug-likeness (QED) is 0.584. The van der Waals surface area contributed by atoms with E-state index in [9.17, 15) is 24.3 Å². The molecular formula is C27H36Cl2N4O5. The molecule has 9 nitrogen and oxygen atoms in total. The van der Waals surface area contributed by atoms with Gasteiger partial charge >= 0.3 is 6.09 Å². The highest BCUT2D eigenvalue weighted by Crippen LogP contribution is 2.36. The Bertz CT molecular complexity index is 1090. The van der Waals surface area contributed by atoms with Crippen molar-refractivity contribution in [2.24, 2.45) is 11.8 Å². The van der Waals surface area contributed by atoms with Crippen LogP contribution in [-0.2, 0) is 14.4 Å². The first-order valence-electron chi connectivity index (χ1n) is 13.3. The summed E-state index contributed by atoms with van der Waals surface area (Å²) < 4.78 is 0. The largest absolute Gasteiger partial charge is 0.465 e. The number of amides is 4. The highest BCUT2D eigenvalue weighted by Gasteiger charge is 2.43. The molecule has 1 aromatic carbocycles. The van der Waals surface area contributed by atoms with E-state index in [1.54, 1.807) is 21.9 Å². The van der Waals surface area contributed by atoms with Crippen LogP contribution in [0.2, 0.25) is 10.0 Å². The number of hydrogen-bond acceptors (Lipinski definition) is 4. The first kappa shape index (κ1) is 28.5. The highest BCUT2D eigenvalue weighted by atomic mass is 35.5. The molecule has 0 saturated carbocycles. The van der Waals surface area contributed by atoms with Crippen LogP contribution in [0.15, 0.2) is 18.2 Å². The Hall–Kier alpha value is -2.52. The number of likely N-dealkylation sites (tertiary alicyclic amines) is 3. The van der Waals surface area contributed by atoms with Crippen molar-refractivity contribution in [3.05, 3.63) is 33.8 Å². The molecule has 1 aromatic rings. The fourth-order valence-corrected chi connectivity index (χ4v) is 6.31. The number of piperidine rings is 2. The lowest BCUT2D eigenvalue weighted by Gasteiger charge is -2.39. The molecule has 1 unspecified atom stereocenters. The molecule has 0 bridgehead atoms. The molecular weight excluding hydrogens is 531 g/mol. The normalized spacial score (nSPS) is 24.7. The van der Waals surface area contributed by atoms with Gasteiger partial charge in [0.2, 0.25) is 17.7 Å². The van der Waals surface area contributed by atoms with Gasteiger partial charge < -0.3 is 24.7 Å². The van der Waals surface area contributed by atoms with Crippen LogP contribution in [0.4, 0.5) is 4.79 Å². The topological polar surface area (TPSA) is 101 Å². The monoisotopic (exact) mass is 566 g/mol. The second-order valence-corrected chi connectivity index (χ2v) is 11.8. The van der Waals surface area contributed by atoms with E-state index in [1.807, 2.05) is 24.8 Å². The minimum Gasteiger partial charge on any atom is -0.465 e. The molecule has 1 N–H and O–H groups in total. The smallest absolute Gasteiger partial charge is 0.407 e. The summed E-state index contributed by atoms with van der Waals surface area (Å²) in [5.74, 6) is -0.474. The zero-order valence-electron chi connectivity index (χ0n) is 22.1. The molecule has 3 aliphatic heterocycles. The van der Waals surface area contributed by atoms with Crippen molar-refractivity contribution in [1.82, 2.24) is 19.6 Å². The van der Waals surface area contributed by atoms with Gasteiger partial charge in [-0.05, 0) is 50.8 Å². The van der Waals surface area contributed by atoms with Crippen molar-refractivity contribution >= 4 is 47.0 Å². The average molecular weight is 568 g/mol. The van der Waals surface area contributed by atoms with Crippen LogP contribution >= 0.6 is 23.2 Å². The van der Waals surface area contributed by atoms with Gasteiger partial charge in [0.1, 0.15) is 0 Å². The third-order valence-electron chi connectivity index (χ3n) is 8.34. The van der Waals surface area contributed by atoms with Crippen LogP contribution in [-0.4, -0.2) is 100 Å². The van der Waals surface area contributed by atoms with E-state index in [0.717, 1.165) is 5.56 Å². The third-order valence-corrected chi connectivity index (χ3v) is 9.08. The Balaban J connectivity index is 1.39. The van der Waals surface area contributed by atoms with E-state index in [1.165, 1.54) is 11.9 Å². The van der Waals surface area contributed by atoms with Crippen LogP contribution in [0, 0.1) is 11.8 Å². The Morgan fingerprint density at radius 3 is 2.21 bits per heavy atom. The second-order valence-electron chi connectivity index (χ2n) is 11.0. The van der Waals surface area contributed by atoms with Gasteiger partial charge in [-0.3, -0.25) is 14.4 Å². The number of benzene rings is 1. The third kappa shape index (κ3) is 5.88. The summed E-state index contributed by atoms with van der Waals surface area (Å²) in [4.78, 5) is 57.3. The number of carboxylic acid groups (broad SMARTS) is 1. The van der Waals surface area contributed by atoms with Gasteiger partial charge in [-0.25, -0.2) is 4.79 Å². The molecule has 4 rings (SSSR count). The van der Waals surface area contributed by atoms with Crippen molar-refractivity contribution in [2.75, 3.05) is 39.8 Å². The van der Waals surface area contributed by atoms with Crippen molar-refractivity contribution in [3.8, 4) is 0 Å². The summed E-state index contributed by atoms with van der Waals surface area (Å²) in [6, 6.07) is 4.93. The fraction of sp³-hybridized carbons (Fsp3) is 0.630. The predicted octanol–water partition coefficient (Wildman–Crippen LogP) is 3.78. The minimum absolute atomic E-state index is 0.00213. The predicted molar refractivity (Wildman–Crippen MR) is 144 cm³/mol. The first-order chi connectivity index (χ1) is 18.0. The number of carbonyl (C=O) groups is 4. The summed E-state index contributed by atoms with van der Waals surface area (Å²) in [5, 5.41) is 10.5. The molecule has 0 aliphatic carbocycles. The van der Waals surface area contributed by atoms with E-state index in [0.29, 0.717) is 68.5 Å². The van der Waals surface area contributed by atoms with Crippen LogP contribution in [0.3, 0.4) is 0 Å². The standard InChI is InChI=1S/C27H36Cl2N4O5/c1-16(2)33-13-19(5-7-24(33)34)26(36)31-10-8-17(9-11-31)25(35)32-14-20(23(15-32)30(3)27(37)38)18-4-6-21(28)22(29)12-18/h4,6,12,16-17,19-20,23H,5,7-11,13-15H2,1-3H3,(H,37,38)/t19?,20-,23+/m0/s1. The number of halogens is 2. The van der Waals surface area contributed by atoms with Crippen LogP contribution in [0.1, 0.15) is 51.0 Å². The van der Waals surface area contributed by atoms with Gasteiger partial charge in [0, 0.05) is 64.1 Å². The fourth-order valence-electron chi connectivity index (χ4n) is 6.01. The molecule has 11 heteroatoms. The SMILES string of the molecule is CC(C)N1CC(C(=O)N2CCC(C(=O)N3C[C@@H](N(C)C(=O)O)[C@H](c4ccc(Cl)c(Cl)c4)C3)CC2)CCC1=O. The Labute approximate surface area is 233 Å². The lowest BCUT2D eigenvalue weighted by molar-refractivity contribution is -0.147. The number of likely N-dealkylation sites (N-methyl/N-ethyl adjacent to an activating group) is 1. The maximum absolute atomic E-state index is 13.5. The molecule has 3 heterocycles. The molecule has 208 valence electrons. The van der Waals surface area contributed by atoms with Gasteiger partial charge in [-0.1, -0.05) is 29.3 Å². The van der Waals surface area contributed by atoms with Crippen LogP contribution in [0.25, 0.3) is 0 Å². The molecule has 38 heavy (non-hydrogen) atoms. The molecule has 3 aliphatic rings. The Morgan fingerprint density at radius 2 is 1.61 bits per heavy atom. The molecule has 4 amide bonds. The molecule has 3 fully saturated rings. The number of carbonyl (C=O) groups excluding carboxylic acids is 3. The van der Waals surface area contributed by atoms with E-state index < -0.39 is 12.1 Å². The van der Waals surface area contributed by atoms with Crippen molar-refractivity contribution in [3.63, 3.8) is 0 Å². The number of hydrogen-bond donors (Lipinski definition) is 1. The van der Waals surface area contributed by atoms with E-state index >= 15 is 0 Å². The highest BCUT2D eigenvalue weighted by molar-refractivity contribution is 6.42. The van der Waals surface area contributed by atoms with Gasteiger partial charge in [0.05, 0.1) is 22.0 Å². The summed E-state index contributed by atoms with van der Waals surface area (Å²) in [6.45, 7) is 6.08. The van der Waals surface area contributed by atoms with Gasteiger partial charge in [0.25, 0.3) is 0 Å². The maximum Gasteiger partial charge on any atom is 0.407 e. The van der Waals surface area contributed by atoms with E-state index in [4.69, 9.17) is 23.2 Å². The molecule has 3 saturated heterocycles. The number of rotatable bonds is 5. The second kappa shape index (κ2) is 11.7. The number of nitrogens with zero attached hydrogens (tertiary/aromatic N) is 4. The Kier molecular flexibility index (Phi) is 8.77. The first-order valence-corrected chi connectivity index (χ1v) is 14.0. The lowest BCUT2D eigenvalue weighted by atomic mass is 9.91. The van der Waals surface area contributed by atoms with Gasteiger partial charge in [-0.15, -0.1) is 0 Å². The average Bonchev–Trinajstić information content (AvgIpc) is 3.34. The molecule has 3 atom stereocenters. The van der Waals surface area contributed by atoms with Crippen LogP contribution < -0.4 is 0 Å².